The summed E-state index contributed by atoms with van der Waals surface area (Å²) in [6.07, 6.45) is 4.76. The molecule has 2 N–H and O–H groups in total. The van der Waals surface area contributed by atoms with Crippen molar-refractivity contribution >= 4 is 55.7 Å². The van der Waals surface area contributed by atoms with E-state index in [1.165, 1.54) is 28.2 Å². The molecule has 0 unspecified atom stereocenters. The van der Waals surface area contributed by atoms with E-state index in [1.54, 1.807) is 23.1 Å². The molecule has 0 radical (unpaired) electrons. The summed E-state index contributed by atoms with van der Waals surface area (Å²) >= 11 is 4.60. The number of thioether (sulfide) groups is 1. The Morgan fingerprint density at radius 1 is 1.26 bits per heavy atom. The van der Waals surface area contributed by atoms with Crippen LogP contribution in [-0.2, 0) is 23.4 Å². The second-order valence-electron chi connectivity index (χ2n) is 6.38. The molecule has 3 aromatic rings. The molecular weight excluding hydrogens is 402 g/mol. The number of anilines is 1. The number of fused-ring (bicyclic) bond motifs is 3. The number of nitrogens with one attached hydrogen (secondary N) is 2. The quantitative estimate of drug-likeness (QED) is 0.593. The van der Waals surface area contributed by atoms with E-state index in [0.717, 1.165) is 34.5 Å². The van der Waals surface area contributed by atoms with E-state index in [2.05, 4.69) is 25.5 Å². The molecule has 0 saturated heterocycles. The third-order valence-corrected chi connectivity index (χ3v) is 7.27. The number of aromatic amines is 1. The summed E-state index contributed by atoms with van der Waals surface area (Å²) < 4.78 is 0. The zero-order valence-corrected chi connectivity index (χ0v) is 17.3. The molecule has 7 nitrogen and oxygen atoms in total. The van der Waals surface area contributed by atoms with Crippen molar-refractivity contribution in [3.05, 3.63) is 31.6 Å². The predicted molar refractivity (Wildman–Crippen MR) is 111 cm³/mol. The minimum atomic E-state index is -0.0820. The van der Waals surface area contributed by atoms with Crippen LogP contribution in [0.15, 0.2) is 4.79 Å². The molecule has 0 atom stereocenters. The number of carbonyl (C=O) groups is 1. The van der Waals surface area contributed by atoms with Gasteiger partial charge in [0.25, 0.3) is 5.56 Å². The van der Waals surface area contributed by atoms with Gasteiger partial charge in [-0.3, -0.25) is 9.59 Å². The van der Waals surface area contributed by atoms with Crippen LogP contribution >= 0.6 is 34.4 Å². The largest absolute Gasteiger partial charge is 0.309 e. The number of amides is 1. The molecule has 0 spiro atoms. The van der Waals surface area contributed by atoms with Crippen molar-refractivity contribution in [1.29, 1.82) is 0 Å². The molecule has 4 rings (SSSR count). The van der Waals surface area contributed by atoms with Crippen LogP contribution in [0.3, 0.4) is 0 Å². The van der Waals surface area contributed by atoms with E-state index in [1.807, 2.05) is 6.92 Å². The van der Waals surface area contributed by atoms with Crippen molar-refractivity contribution in [2.45, 2.75) is 44.8 Å². The predicted octanol–water partition coefficient (Wildman–Crippen LogP) is 3.29. The molecule has 1 aliphatic carbocycles. The lowest BCUT2D eigenvalue weighted by atomic mass is 9.97. The molecule has 1 amide bonds. The Hall–Kier alpha value is -1.78. The smallest absolute Gasteiger partial charge is 0.259 e. The average Bonchev–Trinajstić information content (AvgIpc) is 3.21. The van der Waals surface area contributed by atoms with E-state index in [9.17, 15) is 9.59 Å². The van der Waals surface area contributed by atoms with E-state index in [-0.39, 0.29) is 11.5 Å². The number of aromatic nitrogens is 4. The lowest BCUT2D eigenvalue weighted by molar-refractivity contribution is -0.115. The van der Waals surface area contributed by atoms with Gasteiger partial charge in [-0.1, -0.05) is 11.3 Å². The number of H-pyrrole nitrogens is 1. The second kappa shape index (κ2) is 8.07. The summed E-state index contributed by atoms with van der Waals surface area (Å²) in [6.45, 7) is 1.85. The number of aryl methyl sites for hydroxylation is 3. The van der Waals surface area contributed by atoms with E-state index in [0.29, 0.717) is 28.9 Å². The monoisotopic (exact) mass is 421 g/mol. The minimum absolute atomic E-state index is 0.0283. The summed E-state index contributed by atoms with van der Waals surface area (Å²) in [5.41, 5.74) is 1.18. The van der Waals surface area contributed by atoms with Crippen LogP contribution in [0.1, 0.15) is 40.5 Å². The third kappa shape index (κ3) is 4.22. The number of hydrogen-bond acceptors (Lipinski definition) is 8. The average molecular weight is 422 g/mol. The number of carbonyl (C=O) groups excluding carboxylic acids is 1. The molecule has 3 heterocycles. The summed E-state index contributed by atoms with van der Waals surface area (Å²) in [4.78, 5) is 34.2. The highest BCUT2D eigenvalue weighted by molar-refractivity contribution is 7.98. The molecule has 3 aromatic heterocycles. The number of rotatable bonds is 6. The zero-order chi connectivity index (χ0) is 18.8. The molecule has 0 saturated carbocycles. The summed E-state index contributed by atoms with van der Waals surface area (Å²) in [7, 11) is 0. The molecule has 0 fully saturated rings. The zero-order valence-electron chi connectivity index (χ0n) is 14.8. The van der Waals surface area contributed by atoms with Gasteiger partial charge < -0.3 is 10.3 Å². The number of nitrogens with zero attached hydrogens (tertiary/aromatic N) is 3. The van der Waals surface area contributed by atoms with Gasteiger partial charge in [-0.25, -0.2) is 4.98 Å². The lowest BCUT2D eigenvalue weighted by Gasteiger charge is -2.09. The Morgan fingerprint density at radius 3 is 2.93 bits per heavy atom. The van der Waals surface area contributed by atoms with Crippen LogP contribution in [0.4, 0.5) is 5.13 Å². The first kappa shape index (κ1) is 18.6. The van der Waals surface area contributed by atoms with E-state index in [4.69, 9.17) is 0 Å². The van der Waals surface area contributed by atoms with Crippen LogP contribution in [0.5, 0.6) is 0 Å². The Balaban J connectivity index is 1.34. The fourth-order valence-electron chi connectivity index (χ4n) is 3.14. The van der Waals surface area contributed by atoms with Crippen LogP contribution < -0.4 is 10.9 Å². The third-order valence-electron chi connectivity index (χ3n) is 4.36. The van der Waals surface area contributed by atoms with E-state index >= 15 is 0 Å². The highest BCUT2D eigenvalue weighted by Crippen LogP contribution is 2.33. The normalized spacial score (nSPS) is 13.7. The Morgan fingerprint density at radius 2 is 2.11 bits per heavy atom. The maximum Gasteiger partial charge on any atom is 0.259 e. The Labute approximate surface area is 168 Å². The maximum atomic E-state index is 12.5. The van der Waals surface area contributed by atoms with Gasteiger partial charge in [0.05, 0.1) is 11.1 Å². The standard InChI is InChI=1S/C17H19N5O2S3/c1-9-21-22-17(26-9)20-13(23)6-7-25-8-12-18-15(24)14-10-4-2-3-5-11(10)27-16(14)19-12/h2-8H2,1H3,(H,18,19,24)(H,20,22,23). The van der Waals surface area contributed by atoms with Gasteiger partial charge in [-0.05, 0) is 38.2 Å². The van der Waals surface area contributed by atoms with Crippen molar-refractivity contribution in [1.82, 2.24) is 20.2 Å². The fourth-order valence-corrected chi connectivity index (χ4v) is 5.83. The van der Waals surface area contributed by atoms with Crippen molar-refractivity contribution in [3.8, 4) is 0 Å². The van der Waals surface area contributed by atoms with Gasteiger partial charge in [-0.15, -0.1) is 21.5 Å². The minimum Gasteiger partial charge on any atom is -0.309 e. The molecule has 0 aliphatic heterocycles. The molecule has 10 heteroatoms. The van der Waals surface area contributed by atoms with Crippen molar-refractivity contribution < 1.29 is 4.79 Å². The van der Waals surface area contributed by atoms with Gasteiger partial charge in [-0.2, -0.15) is 11.8 Å². The van der Waals surface area contributed by atoms with Crippen LogP contribution in [0.2, 0.25) is 0 Å². The molecule has 27 heavy (non-hydrogen) atoms. The van der Waals surface area contributed by atoms with Crippen molar-refractivity contribution in [3.63, 3.8) is 0 Å². The number of hydrogen-bond donors (Lipinski definition) is 2. The Kier molecular flexibility index (Phi) is 5.55. The van der Waals surface area contributed by atoms with Crippen LogP contribution in [0, 0.1) is 6.92 Å². The highest BCUT2D eigenvalue weighted by Gasteiger charge is 2.19. The van der Waals surface area contributed by atoms with Crippen LogP contribution in [0.25, 0.3) is 10.2 Å². The SMILES string of the molecule is Cc1nnc(NC(=O)CCSCc2nc3sc4c(c3c(=O)[nH]2)CCCC4)s1. The summed E-state index contributed by atoms with van der Waals surface area (Å²) in [5.74, 6) is 1.82. The van der Waals surface area contributed by atoms with Gasteiger partial charge in [0.1, 0.15) is 15.7 Å². The first-order chi connectivity index (χ1) is 13.1. The molecule has 0 aromatic carbocycles. The second-order valence-corrected chi connectivity index (χ2v) is 9.75. The van der Waals surface area contributed by atoms with Crippen LogP contribution in [-0.4, -0.2) is 31.8 Å². The number of thiophene rings is 1. The van der Waals surface area contributed by atoms with Gasteiger partial charge in [0.15, 0.2) is 0 Å². The fraction of sp³-hybridized carbons (Fsp3) is 0.471. The van der Waals surface area contributed by atoms with Crippen molar-refractivity contribution in [2.75, 3.05) is 11.1 Å². The first-order valence-corrected chi connectivity index (χ1v) is 11.6. The van der Waals surface area contributed by atoms with E-state index < -0.39 is 0 Å². The van der Waals surface area contributed by atoms with Gasteiger partial charge >= 0.3 is 0 Å². The molecule has 1 aliphatic rings. The Bertz CT molecular complexity index is 1040. The molecule has 0 bridgehead atoms. The summed E-state index contributed by atoms with van der Waals surface area (Å²) in [5, 5.41) is 12.6. The van der Waals surface area contributed by atoms with Gasteiger partial charge in [0.2, 0.25) is 11.0 Å². The van der Waals surface area contributed by atoms with Gasteiger partial charge in [0, 0.05) is 17.1 Å². The molecule has 142 valence electrons. The lowest BCUT2D eigenvalue weighted by Crippen LogP contribution is -2.13. The highest BCUT2D eigenvalue weighted by atomic mass is 32.2. The topological polar surface area (TPSA) is 101 Å². The van der Waals surface area contributed by atoms with Crippen molar-refractivity contribution in [2.24, 2.45) is 0 Å². The molecular formula is C17H19N5O2S3. The summed E-state index contributed by atoms with van der Waals surface area (Å²) in [6, 6.07) is 0. The first-order valence-electron chi connectivity index (χ1n) is 8.81. The maximum absolute atomic E-state index is 12.5.